The highest BCUT2D eigenvalue weighted by Crippen LogP contribution is 2.33. The number of halogens is 2. The SMILES string of the molecule is CC1(C)C[C@@H](CNc2ccc(Cl)c(-c3cc(N)ncc3Cl)n2)CCO1. The first kappa shape index (κ1) is 18.2. The van der Waals surface area contributed by atoms with Crippen LogP contribution in [0.5, 0.6) is 0 Å². The molecule has 1 aliphatic rings. The molecule has 2 aromatic rings. The fourth-order valence-electron chi connectivity index (χ4n) is 3.15. The summed E-state index contributed by atoms with van der Waals surface area (Å²) < 4.78 is 5.77. The number of nitrogens with zero attached hydrogens (tertiary/aromatic N) is 2. The molecule has 3 rings (SSSR count). The Balaban J connectivity index is 1.77. The Morgan fingerprint density at radius 2 is 2.12 bits per heavy atom. The van der Waals surface area contributed by atoms with Crippen LogP contribution in [-0.2, 0) is 4.74 Å². The predicted octanol–water partition coefficient (Wildman–Crippen LogP) is 4.65. The van der Waals surface area contributed by atoms with Crippen LogP contribution in [-0.4, -0.2) is 28.7 Å². The molecule has 0 saturated carbocycles. The predicted molar refractivity (Wildman–Crippen MR) is 103 cm³/mol. The number of anilines is 2. The van der Waals surface area contributed by atoms with Gasteiger partial charge in [0.15, 0.2) is 0 Å². The van der Waals surface area contributed by atoms with Crippen LogP contribution in [0.25, 0.3) is 11.3 Å². The molecular formula is C18H22Cl2N4O. The van der Waals surface area contributed by atoms with Crippen molar-refractivity contribution in [2.75, 3.05) is 24.2 Å². The lowest BCUT2D eigenvalue weighted by molar-refractivity contribution is -0.0699. The Morgan fingerprint density at radius 3 is 2.88 bits per heavy atom. The summed E-state index contributed by atoms with van der Waals surface area (Å²) in [6.07, 6.45) is 3.57. The van der Waals surface area contributed by atoms with Gasteiger partial charge in [-0.15, -0.1) is 0 Å². The van der Waals surface area contributed by atoms with E-state index in [0.29, 0.717) is 33.0 Å². The average Bonchev–Trinajstić information content (AvgIpc) is 2.56. The molecule has 5 nitrogen and oxygen atoms in total. The van der Waals surface area contributed by atoms with Crippen LogP contribution in [0.3, 0.4) is 0 Å². The van der Waals surface area contributed by atoms with Crippen molar-refractivity contribution in [1.29, 1.82) is 0 Å². The third-order valence-electron chi connectivity index (χ3n) is 4.35. The van der Waals surface area contributed by atoms with Crippen molar-refractivity contribution in [3.05, 3.63) is 34.4 Å². The zero-order valence-electron chi connectivity index (χ0n) is 14.4. The molecule has 0 spiro atoms. The molecule has 0 radical (unpaired) electrons. The molecule has 134 valence electrons. The molecule has 0 amide bonds. The van der Waals surface area contributed by atoms with E-state index < -0.39 is 0 Å². The molecule has 1 atom stereocenters. The van der Waals surface area contributed by atoms with Crippen molar-refractivity contribution >= 4 is 34.8 Å². The molecule has 1 aliphatic heterocycles. The van der Waals surface area contributed by atoms with E-state index >= 15 is 0 Å². The zero-order valence-corrected chi connectivity index (χ0v) is 15.9. The summed E-state index contributed by atoms with van der Waals surface area (Å²) in [5.74, 6) is 1.68. The fraction of sp³-hybridized carbons (Fsp3) is 0.444. The van der Waals surface area contributed by atoms with Crippen molar-refractivity contribution in [3.63, 3.8) is 0 Å². The van der Waals surface area contributed by atoms with Gasteiger partial charge in [0.25, 0.3) is 0 Å². The monoisotopic (exact) mass is 380 g/mol. The van der Waals surface area contributed by atoms with Crippen LogP contribution in [0.15, 0.2) is 24.4 Å². The Morgan fingerprint density at radius 1 is 1.32 bits per heavy atom. The van der Waals surface area contributed by atoms with Crippen molar-refractivity contribution in [2.24, 2.45) is 5.92 Å². The standard InChI is InChI=1S/C18H22Cl2N4O/c1-18(2)8-11(5-6-25-18)9-23-16-4-3-13(19)17(24-16)12-7-15(21)22-10-14(12)20/h3-4,7,10-11H,5-6,8-9H2,1-2H3,(H2,21,22)(H,23,24)/t11-/m0/s1. The lowest BCUT2D eigenvalue weighted by Crippen LogP contribution is -2.36. The van der Waals surface area contributed by atoms with E-state index in [9.17, 15) is 0 Å². The molecule has 0 bridgehead atoms. The Labute approximate surface area is 157 Å². The highest BCUT2D eigenvalue weighted by molar-refractivity contribution is 6.36. The molecule has 2 aromatic heterocycles. The van der Waals surface area contributed by atoms with Crippen molar-refractivity contribution in [3.8, 4) is 11.3 Å². The normalized spacial score (nSPS) is 19.6. The molecule has 0 unspecified atom stereocenters. The van der Waals surface area contributed by atoms with Gasteiger partial charge in [0.05, 0.1) is 21.3 Å². The summed E-state index contributed by atoms with van der Waals surface area (Å²) in [7, 11) is 0. The van der Waals surface area contributed by atoms with Gasteiger partial charge in [0.2, 0.25) is 0 Å². The fourth-order valence-corrected chi connectivity index (χ4v) is 3.55. The highest BCUT2D eigenvalue weighted by Gasteiger charge is 2.28. The molecule has 3 heterocycles. The molecular weight excluding hydrogens is 359 g/mol. The maximum absolute atomic E-state index is 6.31. The molecule has 0 aliphatic carbocycles. The van der Waals surface area contributed by atoms with Gasteiger partial charge in [-0.2, -0.15) is 0 Å². The second kappa shape index (κ2) is 7.36. The Kier molecular flexibility index (Phi) is 5.37. The smallest absolute Gasteiger partial charge is 0.126 e. The summed E-state index contributed by atoms with van der Waals surface area (Å²) in [6.45, 7) is 5.90. The van der Waals surface area contributed by atoms with Crippen LogP contribution in [0.2, 0.25) is 10.0 Å². The summed E-state index contributed by atoms with van der Waals surface area (Å²) in [5.41, 5.74) is 6.97. The first-order chi connectivity index (χ1) is 11.8. The molecule has 7 heteroatoms. The van der Waals surface area contributed by atoms with E-state index in [1.54, 1.807) is 6.07 Å². The lowest BCUT2D eigenvalue weighted by Gasteiger charge is -2.35. The number of ether oxygens (including phenoxy) is 1. The van der Waals surface area contributed by atoms with E-state index in [1.165, 1.54) is 6.20 Å². The Hall–Kier alpha value is -1.56. The zero-order chi connectivity index (χ0) is 18.0. The van der Waals surface area contributed by atoms with E-state index in [1.807, 2.05) is 12.1 Å². The van der Waals surface area contributed by atoms with Crippen LogP contribution >= 0.6 is 23.2 Å². The van der Waals surface area contributed by atoms with Crippen molar-refractivity contribution in [2.45, 2.75) is 32.3 Å². The summed E-state index contributed by atoms with van der Waals surface area (Å²) >= 11 is 12.5. The van der Waals surface area contributed by atoms with Gasteiger partial charge < -0.3 is 15.8 Å². The number of nitrogens with one attached hydrogen (secondary N) is 1. The molecule has 1 fully saturated rings. The van der Waals surface area contributed by atoms with Crippen molar-refractivity contribution < 1.29 is 4.74 Å². The number of nitrogen functional groups attached to an aromatic ring is 1. The summed E-state index contributed by atoms with van der Waals surface area (Å²) in [4.78, 5) is 8.60. The third-order valence-corrected chi connectivity index (χ3v) is 4.95. The van der Waals surface area contributed by atoms with Crippen LogP contribution in [0.1, 0.15) is 26.7 Å². The number of nitrogens with two attached hydrogens (primary N) is 1. The Bertz CT molecular complexity index is 767. The molecule has 1 saturated heterocycles. The second-order valence-electron chi connectivity index (χ2n) is 6.96. The minimum Gasteiger partial charge on any atom is -0.384 e. The molecule has 3 N–H and O–H groups in total. The summed E-state index contributed by atoms with van der Waals surface area (Å²) in [5, 5.41) is 4.39. The first-order valence-electron chi connectivity index (χ1n) is 8.30. The van der Waals surface area contributed by atoms with Gasteiger partial charge in [-0.05, 0) is 50.8 Å². The van der Waals surface area contributed by atoms with Crippen LogP contribution in [0, 0.1) is 5.92 Å². The van der Waals surface area contributed by atoms with Crippen LogP contribution < -0.4 is 11.1 Å². The van der Waals surface area contributed by atoms with Gasteiger partial charge in [0, 0.05) is 24.9 Å². The van der Waals surface area contributed by atoms with Crippen molar-refractivity contribution in [1.82, 2.24) is 9.97 Å². The average molecular weight is 381 g/mol. The summed E-state index contributed by atoms with van der Waals surface area (Å²) in [6, 6.07) is 5.36. The first-order valence-corrected chi connectivity index (χ1v) is 9.05. The van der Waals surface area contributed by atoms with Gasteiger partial charge >= 0.3 is 0 Å². The highest BCUT2D eigenvalue weighted by atomic mass is 35.5. The van der Waals surface area contributed by atoms with E-state index in [-0.39, 0.29) is 5.60 Å². The van der Waals surface area contributed by atoms with Gasteiger partial charge in [0.1, 0.15) is 11.6 Å². The van der Waals surface area contributed by atoms with Gasteiger partial charge in [-0.25, -0.2) is 9.97 Å². The van der Waals surface area contributed by atoms with Gasteiger partial charge in [-0.1, -0.05) is 23.2 Å². The van der Waals surface area contributed by atoms with E-state index in [4.69, 9.17) is 33.7 Å². The molecule has 0 aromatic carbocycles. The van der Waals surface area contributed by atoms with Crippen LogP contribution in [0.4, 0.5) is 11.6 Å². The number of hydrogen-bond donors (Lipinski definition) is 2. The number of rotatable bonds is 4. The number of pyridine rings is 2. The minimum atomic E-state index is -0.0642. The van der Waals surface area contributed by atoms with Gasteiger partial charge in [-0.3, -0.25) is 0 Å². The molecule has 25 heavy (non-hydrogen) atoms. The third kappa shape index (κ3) is 4.54. The maximum atomic E-state index is 6.31. The van der Waals surface area contributed by atoms with E-state index in [2.05, 4.69) is 29.1 Å². The minimum absolute atomic E-state index is 0.0642. The quantitative estimate of drug-likeness (QED) is 0.807. The number of aromatic nitrogens is 2. The maximum Gasteiger partial charge on any atom is 0.126 e. The second-order valence-corrected chi connectivity index (χ2v) is 7.78. The largest absolute Gasteiger partial charge is 0.384 e. The van der Waals surface area contributed by atoms with E-state index in [0.717, 1.165) is 31.8 Å². The topological polar surface area (TPSA) is 73.1 Å². The lowest BCUT2D eigenvalue weighted by atomic mass is 9.88. The number of hydrogen-bond acceptors (Lipinski definition) is 5.